The van der Waals surface area contributed by atoms with E-state index in [1.165, 1.54) is 12.8 Å². The van der Waals surface area contributed by atoms with Crippen molar-refractivity contribution in [2.45, 2.75) is 44.4 Å². The fourth-order valence-electron chi connectivity index (χ4n) is 2.67. The van der Waals surface area contributed by atoms with Crippen LogP contribution in [0.1, 0.15) is 25.7 Å². The van der Waals surface area contributed by atoms with Crippen molar-refractivity contribution in [1.82, 2.24) is 15.1 Å². The number of hydrogen-bond donors (Lipinski definition) is 3. The van der Waals surface area contributed by atoms with Crippen molar-refractivity contribution in [1.29, 1.82) is 0 Å². The van der Waals surface area contributed by atoms with Gasteiger partial charge in [-0.2, -0.15) is 5.10 Å². The summed E-state index contributed by atoms with van der Waals surface area (Å²) in [5, 5.41) is 26.7. The lowest BCUT2D eigenvalue weighted by Gasteiger charge is -2.31. The molecule has 1 aliphatic rings. The molecule has 1 heterocycles. The lowest BCUT2D eigenvalue weighted by Crippen LogP contribution is -2.44. The number of nitrogens with zero attached hydrogens (tertiary/aromatic N) is 2. The molecule has 0 saturated heterocycles. The fourth-order valence-corrected chi connectivity index (χ4v) is 2.67. The third-order valence-electron chi connectivity index (χ3n) is 3.72. The quantitative estimate of drug-likeness (QED) is 0.686. The molecule has 18 heavy (non-hydrogen) atoms. The van der Waals surface area contributed by atoms with E-state index < -0.39 is 6.10 Å². The van der Waals surface area contributed by atoms with Crippen LogP contribution in [-0.2, 0) is 6.54 Å². The van der Waals surface area contributed by atoms with Crippen LogP contribution in [0.2, 0.25) is 0 Å². The van der Waals surface area contributed by atoms with Crippen molar-refractivity contribution in [3.05, 3.63) is 18.5 Å². The Morgan fingerprint density at radius 1 is 1.39 bits per heavy atom. The summed E-state index contributed by atoms with van der Waals surface area (Å²) in [7, 11) is 0. The summed E-state index contributed by atoms with van der Waals surface area (Å²) in [6.45, 7) is 1.31. The minimum Gasteiger partial charge on any atom is -0.396 e. The maximum absolute atomic E-state index is 9.92. The third kappa shape index (κ3) is 3.80. The molecule has 3 atom stereocenters. The molecule has 1 aromatic rings. The molecule has 2 rings (SSSR count). The van der Waals surface area contributed by atoms with E-state index in [4.69, 9.17) is 0 Å². The minimum atomic E-state index is -0.439. The smallest absolute Gasteiger partial charge is 0.0860 e. The highest BCUT2D eigenvalue weighted by molar-refractivity contribution is 4.82. The van der Waals surface area contributed by atoms with Crippen LogP contribution in [0.25, 0.3) is 0 Å². The molecule has 5 heteroatoms. The molecule has 0 amide bonds. The Balaban J connectivity index is 1.72. The molecule has 1 fully saturated rings. The molecule has 5 nitrogen and oxygen atoms in total. The van der Waals surface area contributed by atoms with Gasteiger partial charge in [0.15, 0.2) is 0 Å². The van der Waals surface area contributed by atoms with Gasteiger partial charge in [-0.25, -0.2) is 0 Å². The van der Waals surface area contributed by atoms with Gasteiger partial charge in [-0.05, 0) is 24.8 Å². The molecule has 0 aromatic carbocycles. The predicted octanol–water partition coefficient (Wildman–Crippen LogP) is 0.385. The zero-order valence-corrected chi connectivity index (χ0v) is 10.7. The van der Waals surface area contributed by atoms with E-state index >= 15 is 0 Å². The highest BCUT2D eigenvalue weighted by Gasteiger charge is 2.24. The van der Waals surface area contributed by atoms with Gasteiger partial charge in [0, 0.05) is 31.6 Å². The molecule has 0 radical (unpaired) electrons. The normalized spacial score (nSPS) is 26.1. The van der Waals surface area contributed by atoms with Crippen LogP contribution >= 0.6 is 0 Å². The Labute approximate surface area is 108 Å². The van der Waals surface area contributed by atoms with Crippen LogP contribution in [-0.4, -0.2) is 45.3 Å². The van der Waals surface area contributed by atoms with Gasteiger partial charge in [0.05, 0.1) is 12.6 Å². The Morgan fingerprint density at radius 3 is 2.94 bits per heavy atom. The van der Waals surface area contributed by atoms with Crippen LogP contribution in [0.5, 0.6) is 0 Å². The summed E-state index contributed by atoms with van der Waals surface area (Å²) in [6.07, 6.45) is 7.72. The average Bonchev–Trinajstić information content (AvgIpc) is 2.89. The van der Waals surface area contributed by atoms with Crippen LogP contribution < -0.4 is 5.32 Å². The number of aliphatic hydroxyl groups is 2. The van der Waals surface area contributed by atoms with Crippen molar-refractivity contribution in [3.63, 3.8) is 0 Å². The van der Waals surface area contributed by atoms with E-state index in [2.05, 4.69) is 10.4 Å². The molecule has 1 aromatic heterocycles. The highest BCUT2D eigenvalue weighted by atomic mass is 16.3. The summed E-state index contributed by atoms with van der Waals surface area (Å²) in [5.41, 5.74) is 0. The van der Waals surface area contributed by atoms with E-state index in [1.807, 2.05) is 12.3 Å². The number of aliphatic hydroxyl groups excluding tert-OH is 2. The second-order valence-corrected chi connectivity index (χ2v) is 5.12. The molecule has 102 valence electrons. The van der Waals surface area contributed by atoms with Crippen LogP contribution in [0, 0.1) is 5.92 Å². The van der Waals surface area contributed by atoms with Crippen LogP contribution in [0.15, 0.2) is 18.5 Å². The first-order chi connectivity index (χ1) is 8.79. The molecule has 0 aliphatic heterocycles. The molecule has 3 N–H and O–H groups in total. The van der Waals surface area contributed by atoms with Gasteiger partial charge in [0.25, 0.3) is 0 Å². The molecular weight excluding hydrogens is 230 g/mol. The van der Waals surface area contributed by atoms with Gasteiger partial charge in [-0.1, -0.05) is 12.8 Å². The Bertz CT molecular complexity index is 329. The Hall–Kier alpha value is -0.910. The summed E-state index contributed by atoms with van der Waals surface area (Å²) in [4.78, 5) is 0. The zero-order valence-electron chi connectivity index (χ0n) is 10.7. The van der Waals surface area contributed by atoms with Crippen LogP contribution in [0.3, 0.4) is 0 Å². The first-order valence-electron chi connectivity index (χ1n) is 6.79. The SMILES string of the molecule is OCC1CCCCC1NCC(O)Cn1cccn1. The van der Waals surface area contributed by atoms with Crippen molar-refractivity contribution in [2.24, 2.45) is 5.92 Å². The monoisotopic (exact) mass is 253 g/mol. The van der Waals surface area contributed by atoms with Crippen molar-refractivity contribution >= 4 is 0 Å². The summed E-state index contributed by atoms with van der Waals surface area (Å²) in [6, 6.07) is 2.19. The predicted molar refractivity (Wildman–Crippen MR) is 69.1 cm³/mol. The highest BCUT2D eigenvalue weighted by Crippen LogP contribution is 2.23. The zero-order chi connectivity index (χ0) is 12.8. The Kier molecular flexibility index (Phi) is 5.16. The topological polar surface area (TPSA) is 70.3 Å². The second-order valence-electron chi connectivity index (χ2n) is 5.12. The average molecular weight is 253 g/mol. The largest absolute Gasteiger partial charge is 0.396 e. The van der Waals surface area contributed by atoms with Crippen LogP contribution in [0.4, 0.5) is 0 Å². The number of rotatable bonds is 6. The molecule has 1 aliphatic carbocycles. The number of nitrogens with one attached hydrogen (secondary N) is 1. The van der Waals surface area contributed by atoms with Gasteiger partial charge in [0.2, 0.25) is 0 Å². The van der Waals surface area contributed by atoms with Crippen molar-refractivity contribution < 1.29 is 10.2 Å². The summed E-state index contributed by atoms with van der Waals surface area (Å²) >= 11 is 0. The number of hydrogen-bond acceptors (Lipinski definition) is 4. The third-order valence-corrected chi connectivity index (χ3v) is 3.72. The van der Waals surface area contributed by atoms with Crippen molar-refractivity contribution in [2.75, 3.05) is 13.2 Å². The van der Waals surface area contributed by atoms with Crippen molar-refractivity contribution in [3.8, 4) is 0 Å². The van der Waals surface area contributed by atoms with Gasteiger partial charge >= 0.3 is 0 Å². The minimum absolute atomic E-state index is 0.243. The molecule has 3 unspecified atom stereocenters. The number of aromatic nitrogens is 2. The molecule has 1 saturated carbocycles. The van der Waals surface area contributed by atoms with E-state index in [0.29, 0.717) is 25.0 Å². The van der Waals surface area contributed by atoms with Gasteiger partial charge in [-0.3, -0.25) is 4.68 Å². The molecule has 0 bridgehead atoms. The first-order valence-corrected chi connectivity index (χ1v) is 6.79. The summed E-state index contributed by atoms with van der Waals surface area (Å²) < 4.78 is 1.73. The van der Waals surface area contributed by atoms with Gasteiger partial charge < -0.3 is 15.5 Å². The second kappa shape index (κ2) is 6.87. The van der Waals surface area contributed by atoms with E-state index in [9.17, 15) is 10.2 Å². The maximum Gasteiger partial charge on any atom is 0.0860 e. The fraction of sp³-hybridized carbons (Fsp3) is 0.769. The Morgan fingerprint density at radius 2 is 2.22 bits per heavy atom. The maximum atomic E-state index is 9.92. The summed E-state index contributed by atoms with van der Waals surface area (Å²) in [5.74, 6) is 0.343. The van der Waals surface area contributed by atoms with E-state index in [0.717, 1.165) is 12.8 Å². The standard InChI is InChI=1S/C13H23N3O2/c17-10-11-4-1-2-5-13(11)14-8-12(18)9-16-7-3-6-15-16/h3,6-7,11-14,17-18H,1-2,4-5,8-10H2. The lowest BCUT2D eigenvalue weighted by molar-refractivity contribution is 0.115. The van der Waals surface area contributed by atoms with Gasteiger partial charge in [-0.15, -0.1) is 0 Å². The molecule has 0 spiro atoms. The first kappa shape index (κ1) is 13.5. The lowest BCUT2D eigenvalue weighted by atomic mass is 9.85. The van der Waals surface area contributed by atoms with E-state index in [1.54, 1.807) is 10.9 Å². The molecular formula is C13H23N3O2. The van der Waals surface area contributed by atoms with E-state index in [-0.39, 0.29) is 6.61 Å². The van der Waals surface area contributed by atoms with Gasteiger partial charge in [0.1, 0.15) is 0 Å².